The molecule has 0 radical (unpaired) electrons. The minimum absolute atomic E-state index is 0.137. The number of aromatic amines is 1. The highest BCUT2D eigenvalue weighted by Gasteiger charge is 2.25. The van der Waals surface area contributed by atoms with Gasteiger partial charge in [0.05, 0.1) is 18.6 Å². The predicted molar refractivity (Wildman–Crippen MR) is 92.3 cm³/mol. The molecule has 0 fully saturated rings. The van der Waals surface area contributed by atoms with Crippen LogP contribution >= 0.6 is 11.6 Å². The molecule has 1 aliphatic heterocycles. The maximum atomic E-state index is 12.0. The first-order chi connectivity index (χ1) is 11.1. The molecule has 2 amide bonds. The maximum Gasteiger partial charge on any atom is 0.321 e. The number of benzene rings is 1. The Morgan fingerprint density at radius 2 is 2.35 bits per heavy atom. The number of hydrogen-bond acceptors (Lipinski definition) is 3. The van der Waals surface area contributed by atoms with Crippen molar-refractivity contribution in [3.8, 4) is 0 Å². The van der Waals surface area contributed by atoms with E-state index in [-0.39, 0.29) is 6.03 Å². The molecule has 0 atom stereocenters. The average Bonchev–Trinajstić information content (AvgIpc) is 3.19. The van der Waals surface area contributed by atoms with Crippen molar-refractivity contribution in [3.05, 3.63) is 40.9 Å². The Morgan fingerprint density at radius 3 is 3.00 bits per heavy atom. The fourth-order valence-electron chi connectivity index (χ4n) is 2.98. The Kier molecular flexibility index (Phi) is 4.43. The predicted octanol–water partition coefficient (Wildman–Crippen LogP) is 2.79. The van der Waals surface area contributed by atoms with Crippen molar-refractivity contribution in [1.82, 2.24) is 15.3 Å². The van der Waals surface area contributed by atoms with Crippen LogP contribution in [0.3, 0.4) is 0 Å². The van der Waals surface area contributed by atoms with E-state index in [0.29, 0.717) is 11.6 Å². The zero-order valence-corrected chi connectivity index (χ0v) is 14.0. The van der Waals surface area contributed by atoms with E-state index in [9.17, 15) is 4.79 Å². The molecule has 7 heteroatoms. The van der Waals surface area contributed by atoms with Crippen molar-refractivity contribution >= 4 is 29.0 Å². The second-order valence-electron chi connectivity index (χ2n) is 5.47. The number of halogens is 1. The van der Waals surface area contributed by atoms with E-state index in [1.807, 2.05) is 25.3 Å². The Bertz CT molecular complexity index is 701. The molecule has 3 rings (SSSR count). The number of imidazole rings is 1. The summed E-state index contributed by atoms with van der Waals surface area (Å²) >= 11 is 6.47. The maximum absolute atomic E-state index is 12.0. The number of carbonyl (C=O) groups is 1. The standard InChI is InChI=1S/C16H20ClN5O/c1-3-22(16(23)18-2)12-6-14(17)13-4-5-21(15(13)7-12)9-11-8-19-10-20-11/h6-8,10H,3-5,9H2,1-2H3,(H,18,23)(H,19,20). The molecule has 0 unspecified atom stereocenters. The Hall–Kier alpha value is -2.21. The summed E-state index contributed by atoms with van der Waals surface area (Å²) < 4.78 is 0. The topological polar surface area (TPSA) is 64.3 Å². The van der Waals surface area contributed by atoms with Gasteiger partial charge >= 0.3 is 6.03 Å². The first kappa shape index (κ1) is 15.7. The molecule has 122 valence electrons. The van der Waals surface area contributed by atoms with Gasteiger partial charge in [-0.3, -0.25) is 4.90 Å². The molecule has 2 N–H and O–H groups in total. The summed E-state index contributed by atoms with van der Waals surface area (Å²) in [5.41, 5.74) is 4.09. The van der Waals surface area contributed by atoms with Crippen molar-refractivity contribution in [3.63, 3.8) is 0 Å². The Morgan fingerprint density at radius 1 is 1.52 bits per heavy atom. The number of carbonyl (C=O) groups excluding carboxylic acids is 1. The zero-order valence-electron chi connectivity index (χ0n) is 13.3. The molecule has 1 aromatic carbocycles. The third-order valence-corrected chi connectivity index (χ3v) is 4.47. The van der Waals surface area contributed by atoms with E-state index >= 15 is 0 Å². The highest BCUT2D eigenvalue weighted by molar-refractivity contribution is 6.32. The van der Waals surface area contributed by atoms with Gasteiger partial charge in [-0.1, -0.05) is 11.6 Å². The molecule has 2 aromatic rings. The third kappa shape index (κ3) is 2.99. The smallest absolute Gasteiger partial charge is 0.321 e. The van der Waals surface area contributed by atoms with Crippen LogP contribution in [0.15, 0.2) is 24.7 Å². The summed E-state index contributed by atoms with van der Waals surface area (Å²) in [6.07, 6.45) is 4.42. The van der Waals surface area contributed by atoms with Crippen molar-refractivity contribution < 1.29 is 4.79 Å². The van der Waals surface area contributed by atoms with E-state index in [0.717, 1.165) is 42.1 Å². The molecule has 0 spiro atoms. The van der Waals surface area contributed by atoms with Crippen LogP contribution in [0.4, 0.5) is 16.2 Å². The van der Waals surface area contributed by atoms with Gasteiger partial charge < -0.3 is 15.2 Å². The monoisotopic (exact) mass is 333 g/mol. The molecule has 0 saturated carbocycles. The minimum Gasteiger partial charge on any atom is -0.365 e. The molecule has 0 aliphatic carbocycles. The fraction of sp³-hybridized carbons (Fsp3) is 0.375. The first-order valence-electron chi connectivity index (χ1n) is 7.68. The molecular weight excluding hydrogens is 314 g/mol. The van der Waals surface area contributed by atoms with Crippen LogP contribution in [-0.2, 0) is 13.0 Å². The molecule has 23 heavy (non-hydrogen) atoms. The summed E-state index contributed by atoms with van der Waals surface area (Å²) in [6, 6.07) is 3.78. The third-order valence-electron chi connectivity index (χ3n) is 4.13. The van der Waals surface area contributed by atoms with Crippen LogP contribution in [0.25, 0.3) is 0 Å². The number of nitrogens with one attached hydrogen (secondary N) is 2. The van der Waals surface area contributed by atoms with Crippen LogP contribution in [0.2, 0.25) is 5.02 Å². The lowest BCUT2D eigenvalue weighted by Gasteiger charge is -2.24. The van der Waals surface area contributed by atoms with Gasteiger partial charge in [0.15, 0.2) is 0 Å². The average molecular weight is 334 g/mol. The van der Waals surface area contributed by atoms with Crippen molar-refractivity contribution in [2.45, 2.75) is 19.9 Å². The first-order valence-corrected chi connectivity index (χ1v) is 8.05. The molecule has 2 heterocycles. The summed E-state index contributed by atoms with van der Waals surface area (Å²) in [5.74, 6) is 0. The molecule has 1 aromatic heterocycles. The van der Waals surface area contributed by atoms with Crippen molar-refractivity contribution in [2.75, 3.05) is 29.9 Å². The zero-order chi connectivity index (χ0) is 16.4. The number of aromatic nitrogens is 2. The molecule has 0 saturated heterocycles. The highest BCUT2D eigenvalue weighted by Crippen LogP contribution is 2.38. The van der Waals surface area contributed by atoms with E-state index in [1.165, 1.54) is 0 Å². The van der Waals surface area contributed by atoms with Gasteiger partial charge in [0.25, 0.3) is 0 Å². The lowest BCUT2D eigenvalue weighted by Crippen LogP contribution is -2.38. The number of fused-ring (bicyclic) bond motifs is 1. The number of nitrogens with zero attached hydrogens (tertiary/aromatic N) is 3. The van der Waals surface area contributed by atoms with E-state index in [4.69, 9.17) is 11.6 Å². The summed E-state index contributed by atoms with van der Waals surface area (Å²) in [6.45, 7) is 4.18. The number of amides is 2. The summed E-state index contributed by atoms with van der Waals surface area (Å²) in [5, 5.41) is 3.38. The van der Waals surface area contributed by atoms with Crippen LogP contribution in [0, 0.1) is 0 Å². The second kappa shape index (κ2) is 6.50. The van der Waals surface area contributed by atoms with E-state index < -0.39 is 0 Å². The van der Waals surface area contributed by atoms with Gasteiger partial charge in [0.2, 0.25) is 0 Å². The van der Waals surface area contributed by atoms with E-state index in [1.54, 1.807) is 18.3 Å². The van der Waals surface area contributed by atoms with Crippen LogP contribution < -0.4 is 15.1 Å². The van der Waals surface area contributed by atoms with Crippen LogP contribution in [-0.4, -0.2) is 36.1 Å². The van der Waals surface area contributed by atoms with Crippen molar-refractivity contribution in [2.24, 2.45) is 0 Å². The summed E-state index contributed by atoms with van der Waals surface area (Å²) in [4.78, 5) is 23.2. The van der Waals surface area contributed by atoms with Crippen LogP contribution in [0.1, 0.15) is 18.2 Å². The van der Waals surface area contributed by atoms with Gasteiger partial charge in [-0.25, -0.2) is 9.78 Å². The lowest BCUT2D eigenvalue weighted by atomic mass is 10.1. The molecular formula is C16H20ClN5O. The fourth-order valence-corrected chi connectivity index (χ4v) is 3.28. The van der Waals surface area contributed by atoms with Gasteiger partial charge in [0.1, 0.15) is 0 Å². The van der Waals surface area contributed by atoms with Gasteiger partial charge in [-0.05, 0) is 31.0 Å². The van der Waals surface area contributed by atoms with Gasteiger partial charge in [0, 0.05) is 42.7 Å². The molecule has 1 aliphatic rings. The molecule has 6 nitrogen and oxygen atoms in total. The number of urea groups is 1. The largest absolute Gasteiger partial charge is 0.365 e. The number of anilines is 2. The Labute approximate surface area is 140 Å². The number of H-pyrrole nitrogens is 1. The SMILES string of the molecule is CCN(C(=O)NC)c1cc(Cl)c2c(c1)N(Cc1cnc[nH]1)CC2. The normalized spacial score (nSPS) is 13.1. The lowest BCUT2D eigenvalue weighted by molar-refractivity contribution is 0.248. The Balaban J connectivity index is 1.94. The van der Waals surface area contributed by atoms with Gasteiger partial charge in [-0.15, -0.1) is 0 Å². The van der Waals surface area contributed by atoms with Gasteiger partial charge in [-0.2, -0.15) is 0 Å². The van der Waals surface area contributed by atoms with Crippen LogP contribution in [0.5, 0.6) is 0 Å². The van der Waals surface area contributed by atoms with Crippen molar-refractivity contribution in [1.29, 1.82) is 0 Å². The van der Waals surface area contributed by atoms with E-state index in [2.05, 4.69) is 20.2 Å². The minimum atomic E-state index is -0.137. The summed E-state index contributed by atoms with van der Waals surface area (Å²) in [7, 11) is 1.63. The number of rotatable bonds is 4. The second-order valence-corrected chi connectivity index (χ2v) is 5.88. The molecule has 0 bridgehead atoms. The number of hydrogen-bond donors (Lipinski definition) is 2. The quantitative estimate of drug-likeness (QED) is 0.904. The highest BCUT2D eigenvalue weighted by atomic mass is 35.5.